The van der Waals surface area contributed by atoms with Gasteiger partial charge in [0.1, 0.15) is 5.75 Å². The number of rotatable bonds is 1. The molecule has 0 bridgehead atoms. The SMILES string of the molecule is Oc1cc(O)c(C2CCc3ccccc32)c(O)c1O. The quantitative estimate of drug-likeness (QED) is 0.468. The minimum absolute atomic E-state index is 0.164. The van der Waals surface area contributed by atoms with Gasteiger partial charge in [0.05, 0.1) is 0 Å². The van der Waals surface area contributed by atoms with Gasteiger partial charge in [-0.3, -0.25) is 0 Å². The summed E-state index contributed by atoms with van der Waals surface area (Å²) in [7, 11) is 0. The van der Waals surface area contributed by atoms with Gasteiger partial charge < -0.3 is 20.4 Å². The van der Waals surface area contributed by atoms with Crippen LogP contribution in [0.2, 0.25) is 0 Å². The molecule has 2 aromatic carbocycles. The third kappa shape index (κ3) is 1.68. The standard InChI is InChI=1S/C15H14O4/c16-11-7-12(17)14(18)15(19)13(11)10-6-5-8-3-1-2-4-9(8)10/h1-4,7,10,16-19H,5-6H2. The number of fused-ring (bicyclic) bond motifs is 1. The van der Waals surface area contributed by atoms with Gasteiger partial charge in [0.2, 0.25) is 5.75 Å². The van der Waals surface area contributed by atoms with Crippen LogP contribution in [-0.2, 0) is 6.42 Å². The van der Waals surface area contributed by atoms with Gasteiger partial charge >= 0.3 is 0 Å². The molecular weight excluding hydrogens is 244 g/mol. The van der Waals surface area contributed by atoms with E-state index in [9.17, 15) is 20.4 Å². The zero-order valence-corrected chi connectivity index (χ0v) is 10.2. The molecule has 1 aliphatic carbocycles. The van der Waals surface area contributed by atoms with E-state index in [2.05, 4.69) is 0 Å². The molecule has 0 aromatic heterocycles. The summed E-state index contributed by atoms with van der Waals surface area (Å²) in [5, 5.41) is 38.9. The highest BCUT2D eigenvalue weighted by Gasteiger charge is 2.30. The van der Waals surface area contributed by atoms with E-state index in [1.807, 2.05) is 24.3 Å². The molecule has 0 radical (unpaired) electrons. The van der Waals surface area contributed by atoms with Crippen molar-refractivity contribution in [3.8, 4) is 23.0 Å². The van der Waals surface area contributed by atoms with Crippen LogP contribution in [0, 0.1) is 0 Å². The molecule has 1 aliphatic rings. The largest absolute Gasteiger partial charge is 0.507 e. The lowest BCUT2D eigenvalue weighted by Crippen LogP contribution is -1.97. The topological polar surface area (TPSA) is 80.9 Å². The molecule has 1 atom stereocenters. The fraction of sp³-hybridized carbons (Fsp3) is 0.200. The summed E-state index contributed by atoms with van der Waals surface area (Å²) in [6.07, 6.45) is 1.62. The lowest BCUT2D eigenvalue weighted by atomic mass is 9.91. The predicted molar refractivity (Wildman–Crippen MR) is 69.7 cm³/mol. The molecule has 2 aromatic rings. The number of phenols is 4. The lowest BCUT2D eigenvalue weighted by Gasteiger charge is -2.17. The van der Waals surface area contributed by atoms with Crippen LogP contribution in [0.25, 0.3) is 0 Å². The minimum Gasteiger partial charge on any atom is -0.507 e. The first-order valence-electron chi connectivity index (χ1n) is 6.14. The van der Waals surface area contributed by atoms with E-state index in [1.54, 1.807) is 0 Å². The molecular formula is C15H14O4. The molecule has 1 unspecified atom stereocenters. The van der Waals surface area contributed by atoms with E-state index in [0.29, 0.717) is 0 Å². The summed E-state index contributed by atoms with van der Waals surface area (Å²) < 4.78 is 0. The second-order valence-corrected chi connectivity index (χ2v) is 4.82. The van der Waals surface area contributed by atoms with E-state index in [1.165, 1.54) is 5.56 Å². The van der Waals surface area contributed by atoms with Gasteiger partial charge in [-0.25, -0.2) is 0 Å². The van der Waals surface area contributed by atoms with Crippen LogP contribution in [0.15, 0.2) is 30.3 Å². The van der Waals surface area contributed by atoms with Crippen molar-refractivity contribution in [3.05, 3.63) is 47.0 Å². The van der Waals surface area contributed by atoms with Crippen molar-refractivity contribution in [2.75, 3.05) is 0 Å². The molecule has 4 N–H and O–H groups in total. The third-order valence-electron chi connectivity index (χ3n) is 3.75. The van der Waals surface area contributed by atoms with Crippen molar-refractivity contribution in [3.63, 3.8) is 0 Å². The van der Waals surface area contributed by atoms with Gasteiger partial charge in [0.15, 0.2) is 11.5 Å². The molecule has 4 heteroatoms. The fourth-order valence-corrected chi connectivity index (χ4v) is 2.85. The highest BCUT2D eigenvalue weighted by Crippen LogP contribution is 2.50. The molecule has 0 fully saturated rings. The van der Waals surface area contributed by atoms with Crippen LogP contribution < -0.4 is 0 Å². The number of hydrogen-bond acceptors (Lipinski definition) is 4. The second kappa shape index (κ2) is 4.09. The maximum absolute atomic E-state index is 9.98. The van der Waals surface area contributed by atoms with Crippen molar-refractivity contribution in [1.82, 2.24) is 0 Å². The summed E-state index contributed by atoms with van der Waals surface area (Å²) in [5.74, 6) is -1.92. The van der Waals surface area contributed by atoms with Crippen molar-refractivity contribution in [2.24, 2.45) is 0 Å². The molecule has 0 saturated heterocycles. The monoisotopic (exact) mass is 258 g/mol. The van der Waals surface area contributed by atoms with Gasteiger partial charge in [0, 0.05) is 17.5 Å². The summed E-state index contributed by atoms with van der Waals surface area (Å²) in [5.41, 5.74) is 2.50. The number of aromatic hydroxyl groups is 4. The van der Waals surface area contributed by atoms with Crippen molar-refractivity contribution in [2.45, 2.75) is 18.8 Å². The molecule has 0 amide bonds. The van der Waals surface area contributed by atoms with Gasteiger partial charge in [-0.05, 0) is 24.0 Å². The van der Waals surface area contributed by atoms with Crippen molar-refractivity contribution >= 4 is 0 Å². The highest BCUT2D eigenvalue weighted by molar-refractivity contribution is 5.63. The maximum atomic E-state index is 9.98. The molecule has 0 spiro atoms. The molecule has 19 heavy (non-hydrogen) atoms. The third-order valence-corrected chi connectivity index (χ3v) is 3.75. The molecule has 4 nitrogen and oxygen atoms in total. The van der Waals surface area contributed by atoms with Gasteiger partial charge in [-0.15, -0.1) is 0 Å². The lowest BCUT2D eigenvalue weighted by molar-refractivity contribution is 0.354. The van der Waals surface area contributed by atoms with Crippen LogP contribution in [0.1, 0.15) is 29.0 Å². The average molecular weight is 258 g/mol. The number of hydrogen-bond donors (Lipinski definition) is 4. The van der Waals surface area contributed by atoms with Gasteiger partial charge in [-0.1, -0.05) is 24.3 Å². The van der Waals surface area contributed by atoms with Crippen LogP contribution in [0.3, 0.4) is 0 Å². The predicted octanol–water partition coefficient (Wildman–Crippen LogP) is 2.59. The first kappa shape index (κ1) is 11.7. The Bertz CT molecular complexity index is 649. The van der Waals surface area contributed by atoms with Crippen LogP contribution in [-0.4, -0.2) is 20.4 Å². The first-order chi connectivity index (χ1) is 9.09. The Kier molecular flexibility index (Phi) is 2.52. The fourth-order valence-electron chi connectivity index (χ4n) is 2.85. The highest BCUT2D eigenvalue weighted by atomic mass is 16.3. The van der Waals surface area contributed by atoms with E-state index in [-0.39, 0.29) is 17.2 Å². The second-order valence-electron chi connectivity index (χ2n) is 4.82. The Hall–Kier alpha value is -2.36. The van der Waals surface area contributed by atoms with Crippen LogP contribution >= 0.6 is 0 Å². The molecule has 98 valence electrons. The van der Waals surface area contributed by atoms with E-state index >= 15 is 0 Å². The van der Waals surface area contributed by atoms with Crippen molar-refractivity contribution in [1.29, 1.82) is 0 Å². The smallest absolute Gasteiger partial charge is 0.200 e. The van der Waals surface area contributed by atoms with E-state index in [4.69, 9.17) is 0 Å². The zero-order valence-electron chi connectivity index (χ0n) is 10.2. The number of aryl methyl sites for hydroxylation is 1. The molecule has 0 heterocycles. The normalized spacial score (nSPS) is 17.4. The summed E-state index contributed by atoms with van der Waals surface area (Å²) in [6.45, 7) is 0. The van der Waals surface area contributed by atoms with Crippen LogP contribution in [0.4, 0.5) is 0 Å². The van der Waals surface area contributed by atoms with E-state index in [0.717, 1.165) is 24.5 Å². The first-order valence-corrected chi connectivity index (χ1v) is 6.14. The van der Waals surface area contributed by atoms with Crippen LogP contribution in [0.5, 0.6) is 23.0 Å². The Morgan fingerprint density at radius 1 is 0.895 bits per heavy atom. The maximum Gasteiger partial charge on any atom is 0.200 e. The Labute approximate surface area is 110 Å². The van der Waals surface area contributed by atoms with E-state index < -0.39 is 17.2 Å². The Morgan fingerprint density at radius 2 is 1.63 bits per heavy atom. The Morgan fingerprint density at radius 3 is 2.42 bits per heavy atom. The Balaban J connectivity index is 2.17. The summed E-state index contributed by atoms with van der Waals surface area (Å²) >= 11 is 0. The molecule has 0 aliphatic heterocycles. The number of phenolic OH excluding ortho intramolecular Hbond substituents is 4. The molecule has 3 rings (SSSR count). The van der Waals surface area contributed by atoms with Crippen molar-refractivity contribution < 1.29 is 20.4 Å². The minimum atomic E-state index is -0.586. The average Bonchev–Trinajstić information content (AvgIpc) is 2.81. The zero-order chi connectivity index (χ0) is 13.6. The van der Waals surface area contributed by atoms with Gasteiger partial charge in [0.25, 0.3) is 0 Å². The number of benzene rings is 2. The summed E-state index contributed by atoms with van der Waals surface area (Å²) in [6, 6.07) is 8.89. The van der Waals surface area contributed by atoms with Gasteiger partial charge in [-0.2, -0.15) is 0 Å². The molecule has 0 saturated carbocycles. The summed E-state index contributed by atoms with van der Waals surface area (Å²) in [4.78, 5) is 0.